The molecule has 0 saturated carbocycles. The van der Waals surface area contributed by atoms with Crippen LogP contribution in [0, 0.1) is 25.5 Å². The Morgan fingerprint density at radius 2 is 0.572 bits per heavy atom. The molecule has 0 aliphatic carbocycles. The molecule has 2 heterocycles. The van der Waals surface area contributed by atoms with Crippen molar-refractivity contribution in [3.05, 3.63) is 472 Å². The van der Waals surface area contributed by atoms with Gasteiger partial charge in [-0.05, 0) is 259 Å². The Bertz CT molecular complexity index is 9010. The van der Waals surface area contributed by atoms with Gasteiger partial charge in [0, 0.05) is 66.7 Å². The largest absolute Gasteiger partial charge is 0.309 e. The summed E-state index contributed by atoms with van der Waals surface area (Å²) in [6, 6.07) is 158. The van der Waals surface area contributed by atoms with Gasteiger partial charge in [0.05, 0.1) is 55.3 Å². The van der Waals surface area contributed by atoms with Crippen LogP contribution in [0.2, 0.25) is 39.3 Å². The summed E-state index contributed by atoms with van der Waals surface area (Å²) in [4.78, 5) is 4.21. The van der Waals surface area contributed by atoms with Crippen molar-refractivity contribution in [3.8, 4) is 89.3 Å². The maximum Gasteiger partial charge on any atom is 0.148 e. The number of nitrogens with zero attached hydrogens (tertiary/aromatic N) is 4. The summed E-state index contributed by atoms with van der Waals surface area (Å²) in [5.74, 6) is -0.589. The molecule has 138 heavy (non-hydrogen) atoms. The number of benzene rings is 23. The van der Waals surface area contributed by atoms with Gasteiger partial charge < -0.3 is 18.9 Å². The quantitative estimate of drug-likeness (QED) is 0.0667. The highest BCUT2D eigenvalue weighted by molar-refractivity contribution is 6.93. The van der Waals surface area contributed by atoms with E-state index in [1.807, 2.05) is 127 Å². The van der Waals surface area contributed by atoms with Gasteiger partial charge in [-0.15, -0.1) is 0 Å². The second kappa shape index (κ2) is 33.9. The molecule has 660 valence electrons. The first kappa shape index (κ1) is 84.6. The zero-order chi connectivity index (χ0) is 93.3. The van der Waals surface area contributed by atoms with E-state index in [-0.39, 0.29) is 11.6 Å². The number of rotatable bonds is 17. The highest BCUT2D eigenvalue weighted by atomic mass is 28.3. The van der Waals surface area contributed by atoms with Gasteiger partial charge in [0.15, 0.2) is 0 Å². The molecule has 0 N–H and O–H groups in total. The molecule has 0 aliphatic rings. The smallest absolute Gasteiger partial charge is 0.148 e. The first-order valence-corrected chi connectivity index (χ1v) is 54.8. The van der Waals surface area contributed by atoms with E-state index in [1.165, 1.54) is 147 Å². The molecule has 23 aromatic carbocycles. The molecule has 0 aliphatic heterocycles. The number of hydrogen-bond donors (Lipinski definition) is 0. The van der Waals surface area contributed by atoms with Gasteiger partial charge in [0.25, 0.3) is 0 Å². The summed E-state index contributed by atoms with van der Waals surface area (Å²) < 4.78 is 40.0. The molecular formula is C130H98F2N4Si2. The van der Waals surface area contributed by atoms with Gasteiger partial charge in [-0.2, -0.15) is 0 Å². The fraction of sp³-hybridized carbons (Fsp3) is 0.0615. The molecule has 0 spiro atoms. The van der Waals surface area contributed by atoms with Crippen LogP contribution in [0.3, 0.4) is 0 Å². The van der Waals surface area contributed by atoms with Gasteiger partial charge in [-0.3, -0.25) is 0 Å². The highest BCUT2D eigenvalue weighted by Crippen LogP contribution is 2.54. The number of para-hydroxylation sites is 6. The van der Waals surface area contributed by atoms with Crippen molar-refractivity contribution in [2.75, 3.05) is 9.80 Å². The lowest BCUT2D eigenvalue weighted by Crippen LogP contribution is -2.40. The van der Waals surface area contributed by atoms with Gasteiger partial charge in [0.1, 0.15) is 11.6 Å². The van der Waals surface area contributed by atoms with E-state index in [0.29, 0.717) is 11.4 Å². The Hall–Kier alpha value is -16.4. The lowest BCUT2D eigenvalue weighted by Gasteiger charge is -2.31. The van der Waals surface area contributed by atoms with Crippen LogP contribution < -0.4 is 20.2 Å². The number of fused-ring (bicyclic) bond motifs is 8. The van der Waals surface area contributed by atoms with E-state index in [2.05, 4.69) is 381 Å². The Labute approximate surface area is 804 Å². The van der Waals surface area contributed by atoms with E-state index >= 15 is 8.78 Å². The highest BCUT2D eigenvalue weighted by Gasteiger charge is 2.34. The maximum atomic E-state index is 17.7. The molecule has 25 aromatic rings. The topological polar surface area (TPSA) is 16.3 Å². The third kappa shape index (κ3) is 14.2. The average Bonchev–Trinajstić information content (AvgIpc) is 1.49. The molecule has 0 atom stereocenters. The van der Waals surface area contributed by atoms with E-state index in [0.717, 1.165) is 95.2 Å². The van der Waals surface area contributed by atoms with E-state index < -0.39 is 16.1 Å². The van der Waals surface area contributed by atoms with Crippen molar-refractivity contribution < 1.29 is 8.78 Å². The minimum absolute atomic E-state index is 0.284. The predicted molar refractivity (Wildman–Crippen MR) is 592 cm³/mol. The Balaban J connectivity index is 0.000000150. The standard InChI is InChI=1S/C66H45FN2.C64H53FN2Si2/c1-42-39-57(54-37-36-52-43(2)65-64(56-38-35-51(42)62(54)63(52)56)55-28-16-18-30-61(55)68(65)49-25-13-6-14-26-49)47-31-33-50(34-32-47)69(60-29-17-15-27-53(60)45-21-9-4-10-22-45)66-58(46-23-11-5-12-24-46)40-48(41-59(66)67)44-19-7-3-8-20-44;1-68(2,3)58-41-54(44-31-33-48(34-32-44)66(46-25-15-9-16-26-46)62-55(43-23-13-8-14-24-43)39-45(40-56(62)65)42-21-11-7-12-22-42)49-35-38-53-60-52(37-36-51(58)59(49)60)61-50-29-19-20-30-57(50)67(47-27-17-10-18-28-47)63(61)64(53)69(4,5)6/h3-41H,1-2H3;7-41H,1-6H3. The maximum absolute atomic E-state index is 17.7. The van der Waals surface area contributed by atoms with Crippen LogP contribution in [0.25, 0.3) is 198 Å². The zero-order valence-corrected chi connectivity index (χ0v) is 80.3. The second-order valence-corrected chi connectivity index (χ2v) is 48.9. The third-order valence-corrected chi connectivity index (χ3v) is 32.5. The molecule has 0 amide bonds. The molecule has 25 rings (SSSR count). The Kier molecular flexibility index (Phi) is 20.8. The SMILES string of the molecule is C[Si](C)(C)c1cc(-c2ccc(N(c3ccccc3)c3c(F)cc(-c4ccccc4)cc3-c3ccccc3)cc2)c2ccc3c([Si](C)(C)C)c4c(c5ccc1c2c35)c1ccccc1n4-c1ccccc1.Cc1cc(-c2ccc(N(c3ccccc3-c3ccccc3)c3c(F)cc(-c4ccccc4)cc3-c3ccccc3)cc2)c2ccc3c(C)c4c(c5ccc1c2c35)c1ccccc1n4-c1ccccc1. The van der Waals surface area contributed by atoms with E-state index in [1.54, 1.807) is 12.1 Å². The molecule has 0 unspecified atom stereocenters. The lowest BCUT2D eigenvalue weighted by molar-refractivity contribution is 0.629. The normalized spacial score (nSPS) is 12.0. The molecule has 0 fully saturated rings. The van der Waals surface area contributed by atoms with Crippen LogP contribution in [-0.4, -0.2) is 25.3 Å². The molecule has 8 heteroatoms. The first-order valence-electron chi connectivity index (χ1n) is 47.8. The van der Waals surface area contributed by atoms with Crippen molar-refractivity contribution in [2.45, 2.75) is 53.1 Å². The fourth-order valence-corrected chi connectivity index (χ4v) is 26.0. The average molecular weight is 1810 g/mol. The van der Waals surface area contributed by atoms with Gasteiger partial charge >= 0.3 is 0 Å². The monoisotopic (exact) mass is 1810 g/mol. The minimum Gasteiger partial charge on any atom is -0.309 e. The number of hydrogen-bond acceptors (Lipinski definition) is 2. The number of halogens is 2. The molecule has 0 saturated heterocycles. The van der Waals surface area contributed by atoms with Crippen LogP contribution in [0.15, 0.2) is 449 Å². The van der Waals surface area contributed by atoms with Gasteiger partial charge in [-0.1, -0.05) is 390 Å². The van der Waals surface area contributed by atoms with Crippen LogP contribution in [-0.2, 0) is 0 Å². The third-order valence-electron chi connectivity index (χ3n) is 28.5. The number of anilines is 6. The molecular weight excluding hydrogens is 1710 g/mol. The summed E-state index contributed by atoms with van der Waals surface area (Å²) in [6.45, 7) is 19.5. The van der Waals surface area contributed by atoms with Crippen molar-refractivity contribution in [3.63, 3.8) is 0 Å². The molecule has 0 radical (unpaired) electrons. The summed E-state index contributed by atoms with van der Waals surface area (Å²) in [6.07, 6.45) is 0. The van der Waals surface area contributed by atoms with Gasteiger partial charge in [0.2, 0.25) is 0 Å². The molecule has 4 nitrogen and oxygen atoms in total. The van der Waals surface area contributed by atoms with Crippen molar-refractivity contribution >= 4 is 169 Å². The minimum atomic E-state index is -2.01. The molecule has 0 bridgehead atoms. The summed E-state index contributed by atoms with van der Waals surface area (Å²) in [7, 11) is -3.93. The van der Waals surface area contributed by atoms with Crippen LogP contribution in [0.1, 0.15) is 11.1 Å². The van der Waals surface area contributed by atoms with Crippen molar-refractivity contribution in [1.82, 2.24) is 9.13 Å². The fourth-order valence-electron chi connectivity index (χ4n) is 22.4. The summed E-state index contributed by atoms with van der Waals surface area (Å²) >= 11 is 0. The Morgan fingerprint density at radius 3 is 1.07 bits per heavy atom. The number of aromatic nitrogens is 2. The molecule has 2 aromatic heterocycles. The Morgan fingerprint density at radius 1 is 0.225 bits per heavy atom. The predicted octanol–water partition coefficient (Wildman–Crippen LogP) is 36.0. The van der Waals surface area contributed by atoms with Crippen molar-refractivity contribution in [2.24, 2.45) is 0 Å². The van der Waals surface area contributed by atoms with Crippen LogP contribution in [0.5, 0.6) is 0 Å². The van der Waals surface area contributed by atoms with Crippen molar-refractivity contribution in [1.29, 1.82) is 0 Å². The van der Waals surface area contributed by atoms with E-state index in [4.69, 9.17) is 0 Å². The van der Waals surface area contributed by atoms with Crippen LogP contribution >= 0.6 is 0 Å². The number of aryl methyl sites for hydroxylation is 2. The van der Waals surface area contributed by atoms with Crippen LogP contribution in [0.4, 0.5) is 42.9 Å². The summed E-state index contributed by atoms with van der Waals surface area (Å²) in [5.41, 5.74) is 28.2. The summed E-state index contributed by atoms with van der Waals surface area (Å²) in [5, 5.41) is 23.8. The second-order valence-electron chi connectivity index (χ2n) is 38.8. The van der Waals surface area contributed by atoms with E-state index in [9.17, 15) is 0 Å². The first-order chi connectivity index (χ1) is 67.5. The zero-order valence-electron chi connectivity index (χ0n) is 78.3. The lowest BCUT2D eigenvalue weighted by atomic mass is 9.85. The van der Waals surface area contributed by atoms with Gasteiger partial charge in [-0.25, -0.2) is 8.78 Å².